The Balaban J connectivity index is 1.78. The number of carbonyl (C=O) groups is 1. The van der Waals surface area contributed by atoms with Crippen LogP contribution in [0.15, 0.2) is 54.6 Å². The van der Waals surface area contributed by atoms with Crippen LogP contribution in [-0.4, -0.2) is 19.0 Å². The molecule has 0 unspecified atom stereocenters. The molecular weight excluding hydrogens is 272 g/mol. The Hall–Kier alpha value is -2.29. The summed E-state index contributed by atoms with van der Waals surface area (Å²) in [6.45, 7) is 6.40. The van der Waals surface area contributed by atoms with E-state index in [4.69, 9.17) is 0 Å². The maximum atomic E-state index is 12.0. The highest BCUT2D eigenvalue weighted by molar-refractivity contribution is 5.76. The molecular formula is C19H24N2O. The molecule has 2 aromatic rings. The van der Waals surface area contributed by atoms with Crippen LogP contribution in [0.4, 0.5) is 5.69 Å². The molecule has 2 rings (SSSR count). The lowest BCUT2D eigenvalue weighted by Gasteiger charge is -2.22. The lowest BCUT2D eigenvalue weighted by Crippen LogP contribution is -2.30. The lowest BCUT2D eigenvalue weighted by atomic mass is 10.1. The fraction of sp³-hybridized carbons (Fsp3) is 0.316. The van der Waals surface area contributed by atoms with Crippen LogP contribution in [0.25, 0.3) is 0 Å². The molecule has 116 valence electrons. The standard InChI is InChI=1S/C19H24N2O/c1-3-21(18-7-5-4-6-8-18)14-13-19(22)20-15-17-11-9-16(2)10-12-17/h4-12H,3,13-15H2,1-2H3,(H,20,22). The molecule has 3 nitrogen and oxygen atoms in total. The molecule has 1 amide bonds. The Labute approximate surface area is 133 Å². The van der Waals surface area contributed by atoms with Gasteiger partial charge < -0.3 is 10.2 Å². The van der Waals surface area contributed by atoms with Crippen molar-refractivity contribution in [3.05, 3.63) is 65.7 Å². The van der Waals surface area contributed by atoms with Gasteiger partial charge in [0.05, 0.1) is 0 Å². The molecule has 0 bridgehead atoms. The summed E-state index contributed by atoms with van der Waals surface area (Å²) in [5.41, 5.74) is 3.53. The van der Waals surface area contributed by atoms with Crippen LogP contribution >= 0.6 is 0 Å². The first kappa shape index (κ1) is 16.1. The van der Waals surface area contributed by atoms with Crippen LogP contribution in [0, 0.1) is 6.92 Å². The van der Waals surface area contributed by atoms with Crippen molar-refractivity contribution in [3.63, 3.8) is 0 Å². The van der Waals surface area contributed by atoms with Gasteiger partial charge in [-0.05, 0) is 31.5 Å². The number of nitrogens with zero attached hydrogens (tertiary/aromatic N) is 1. The Morgan fingerprint density at radius 2 is 1.73 bits per heavy atom. The average Bonchev–Trinajstić information content (AvgIpc) is 2.56. The summed E-state index contributed by atoms with van der Waals surface area (Å²) >= 11 is 0. The van der Waals surface area contributed by atoms with Gasteiger partial charge in [-0.25, -0.2) is 0 Å². The summed E-state index contributed by atoms with van der Waals surface area (Å²) in [5.74, 6) is 0.0926. The molecule has 0 radical (unpaired) electrons. The van der Waals surface area contributed by atoms with E-state index in [9.17, 15) is 4.79 Å². The first-order valence-electron chi connectivity index (χ1n) is 7.81. The predicted octanol–water partition coefficient (Wildman–Crippen LogP) is 3.53. The van der Waals surface area contributed by atoms with Gasteiger partial charge in [-0.2, -0.15) is 0 Å². The van der Waals surface area contributed by atoms with Gasteiger partial charge in [0.2, 0.25) is 5.91 Å². The van der Waals surface area contributed by atoms with E-state index >= 15 is 0 Å². The highest BCUT2D eigenvalue weighted by Gasteiger charge is 2.07. The van der Waals surface area contributed by atoms with Crippen LogP contribution in [0.3, 0.4) is 0 Å². The van der Waals surface area contributed by atoms with E-state index in [1.165, 1.54) is 5.56 Å². The summed E-state index contributed by atoms with van der Waals surface area (Å²) in [7, 11) is 0. The van der Waals surface area contributed by atoms with Crippen molar-refractivity contribution < 1.29 is 4.79 Å². The number of anilines is 1. The number of aryl methyl sites for hydroxylation is 1. The maximum absolute atomic E-state index is 12.0. The number of hydrogen-bond acceptors (Lipinski definition) is 2. The molecule has 2 aromatic carbocycles. The molecule has 0 aromatic heterocycles. The molecule has 1 N–H and O–H groups in total. The number of carbonyl (C=O) groups excluding carboxylic acids is 1. The third kappa shape index (κ3) is 4.92. The van der Waals surface area contributed by atoms with Crippen LogP contribution in [0.1, 0.15) is 24.5 Å². The molecule has 3 heteroatoms. The van der Waals surface area contributed by atoms with Gasteiger partial charge in [0.15, 0.2) is 0 Å². The van der Waals surface area contributed by atoms with Gasteiger partial charge in [0.25, 0.3) is 0 Å². The van der Waals surface area contributed by atoms with Gasteiger partial charge in [0.1, 0.15) is 0 Å². The van der Waals surface area contributed by atoms with Gasteiger partial charge in [-0.1, -0.05) is 48.0 Å². The van der Waals surface area contributed by atoms with E-state index in [-0.39, 0.29) is 5.91 Å². The first-order valence-corrected chi connectivity index (χ1v) is 7.81. The number of benzene rings is 2. The highest BCUT2D eigenvalue weighted by Crippen LogP contribution is 2.13. The van der Waals surface area contributed by atoms with E-state index < -0.39 is 0 Å². The Morgan fingerprint density at radius 3 is 2.36 bits per heavy atom. The van der Waals surface area contributed by atoms with Gasteiger partial charge in [0, 0.05) is 31.7 Å². The van der Waals surface area contributed by atoms with E-state index in [0.717, 1.165) is 24.3 Å². The smallest absolute Gasteiger partial charge is 0.222 e. The SMILES string of the molecule is CCN(CCC(=O)NCc1ccc(C)cc1)c1ccccc1. The first-order chi connectivity index (χ1) is 10.7. The number of rotatable bonds is 7. The summed E-state index contributed by atoms with van der Waals surface area (Å²) < 4.78 is 0. The zero-order valence-electron chi connectivity index (χ0n) is 13.4. The summed E-state index contributed by atoms with van der Waals surface area (Å²) in [6, 6.07) is 18.4. The van der Waals surface area contributed by atoms with Crippen LogP contribution in [0.2, 0.25) is 0 Å². The number of hydrogen-bond donors (Lipinski definition) is 1. The fourth-order valence-electron chi connectivity index (χ4n) is 2.34. The van der Waals surface area contributed by atoms with Crippen LogP contribution in [0.5, 0.6) is 0 Å². The lowest BCUT2D eigenvalue weighted by molar-refractivity contribution is -0.121. The Kier molecular flexibility index (Phi) is 6.01. The second-order valence-corrected chi connectivity index (χ2v) is 5.43. The van der Waals surface area contributed by atoms with Gasteiger partial charge in [-0.3, -0.25) is 4.79 Å². The minimum Gasteiger partial charge on any atom is -0.371 e. The van der Waals surface area contributed by atoms with Crippen molar-refractivity contribution in [1.82, 2.24) is 5.32 Å². The zero-order valence-corrected chi connectivity index (χ0v) is 13.4. The zero-order chi connectivity index (χ0) is 15.8. The molecule has 0 aliphatic carbocycles. The van der Waals surface area contributed by atoms with Crippen LogP contribution in [-0.2, 0) is 11.3 Å². The normalized spacial score (nSPS) is 10.3. The van der Waals surface area contributed by atoms with E-state index in [2.05, 4.69) is 60.5 Å². The minimum atomic E-state index is 0.0926. The highest BCUT2D eigenvalue weighted by atomic mass is 16.1. The molecule has 0 atom stereocenters. The number of para-hydroxylation sites is 1. The molecule has 0 aliphatic rings. The van der Waals surface area contributed by atoms with E-state index in [1.807, 2.05) is 18.2 Å². The van der Waals surface area contributed by atoms with Crippen molar-refractivity contribution in [3.8, 4) is 0 Å². The minimum absolute atomic E-state index is 0.0926. The Bertz CT molecular complexity index is 578. The predicted molar refractivity (Wildman–Crippen MR) is 92.0 cm³/mol. The van der Waals surface area contributed by atoms with E-state index in [0.29, 0.717) is 13.0 Å². The third-order valence-corrected chi connectivity index (χ3v) is 3.72. The van der Waals surface area contributed by atoms with Crippen LogP contribution < -0.4 is 10.2 Å². The van der Waals surface area contributed by atoms with Crippen molar-refractivity contribution in [2.24, 2.45) is 0 Å². The monoisotopic (exact) mass is 296 g/mol. The topological polar surface area (TPSA) is 32.3 Å². The van der Waals surface area contributed by atoms with Gasteiger partial charge >= 0.3 is 0 Å². The molecule has 0 heterocycles. The Morgan fingerprint density at radius 1 is 1.05 bits per heavy atom. The average molecular weight is 296 g/mol. The fourth-order valence-corrected chi connectivity index (χ4v) is 2.34. The number of amides is 1. The quantitative estimate of drug-likeness (QED) is 0.847. The third-order valence-electron chi connectivity index (χ3n) is 3.72. The molecule has 0 spiro atoms. The molecule has 22 heavy (non-hydrogen) atoms. The molecule has 0 aliphatic heterocycles. The van der Waals surface area contributed by atoms with Crippen molar-refractivity contribution >= 4 is 11.6 Å². The van der Waals surface area contributed by atoms with E-state index in [1.54, 1.807) is 0 Å². The van der Waals surface area contributed by atoms with Crippen molar-refractivity contribution in [2.75, 3.05) is 18.0 Å². The second-order valence-electron chi connectivity index (χ2n) is 5.43. The maximum Gasteiger partial charge on any atom is 0.222 e. The summed E-state index contributed by atoms with van der Waals surface area (Å²) in [5, 5.41) is 2.98. The number of nitrogens with one attached hydrogen (secondary N) is 1. The second kappa shape index (κ2) is 8.23. The summed E-state index contributed by atoms with van der Waals surface area (Å²) in [4.78, 5) is 14.2. The molecule has 0 fully saturated rings. The summed E-state index contributed by atoms with van der Waals surface area (Å²) in [6.07, 6.45) is 0.509. The molecule has 0 saturated heterocycles. The van der Waals surface area contributed by atoms with Crippen molar-refractivity contribution in [1.29, 1.82) is 0 Å². The molecule has 0 saturated carbocycles. The van der Waals surface area contributed by atoms with Crippen molar-refractivity contribution in [2.45, 2.75) is 26.8 Å². The van der Waals surface area contributed by atoms with Gasteiger partial charge in [-0.15, -0.1) is 0 Å². The largest absolute Gasteiger partial charge is 0.371 e.